The number of hydrogen-bond donors (Lipinski definition) is 0. The van der Waals surface area contributed by atoms with Crippen LogP contribution in [0.2, 0.25) is 0 Å². The third kappa shape index (κ3) is 3.41. The number of fused-ring (bicyclic) bond motifs is 1. The van der Waals surface area contributed by atoms with E-state index >= 15 is 0 Å². The average molecular weight is 411 g/mol. The molecule has 0 unspecified atom stereocenters. The number of amides is 1. The Bertz CT molecular complexity index is 1010. The molecule has 0 spiro atoms. The van der Waals surface area contributed by atoms with E-state index in [1.165, 1.54) is 11.3 Å². The number of ether oxygens (including phenoxy) is 1. The fourth-order valence-corrected chi connectivity index (χ4v) is 4.11. The second-order valence-corrected chi connectivity index (χ2v) is 7.47. The van der Waals surface area contributed by atoms with Crippen molar-refractivity contribution >= 4 is 23.0 Å². The predicted octanol–water partition coefficient (Wildman–Crippen LogP) is 3.23. The Kier molecular flexibility index (Phi) is 4.69. The monoisotopic (exact) mass is 411 g/mol. The molecule has 3 aromatic heterocycles. The highest BCUT2D eigenvalue weighted by Gasteiger charge is 2.36. The minimum atomic E-state index is -4.56. The molecule has 4 heterocycles. The van der Waals surface area contributed by atoms with E-state index in [2.05, 4.69) is 15.1 Å². The molecular weight excluding hydrogens is 395 g/mol. The molecule has 1 fully saturated rings. The Morgan fingerprint density at radius 3 is 2.68 bits per heavy atom. The fourth-order valence-electron chi connectivity index (χ4n) is 3.32. The molecule has 3 aromatic rings. The zero-order valence-corrected chi connectivity index (χ0v) is 15.6. The summed E-state index contributed by atoms with van der Waals surface area (Å²) in [6, 6.07) is 4.49. The molecule has 1 saturated heterocycles. The lowest BCUT2D eigenvalue weighted by atomic mass is 9.92. The zero-order valence-electron chi connectivity index (χ0n) is 14.8. The molecule has 7 nitrogen and oxygen atoms in total. The number of carbonyl (C=O) groups is 1. The van der Waals surface area contributed by atoms with Gasteiger partial charge >= 0.3 is 6.18 Å². The number of likely N-dealkylation sites (tertiary alicyclic amines) is 1. The van der Waals surface area contributed by atoms with E-state index in [1.807, 2.05) is 0 Å². The summed E-state index contributed by atoms with van der Waals surface area (Å²) in [6.07, 6.45) is -2.44. The standard InChI is InChI=1S/C17H16F3N5O2S/c1-27-14-3-2-12(28-14)15(26)24-6-4-10(5-7-24)11-8-13(17(18,19)20)25-16(23-11)21-9-22-25/h2-3,8-10H,4-7H2,1H3. The molecule has 0 atom stereocenters. The summed E-state index contributed by atoms with van der Waals surface area (Å²) in [5.41, 5.74) is -0.563. The summed E-state index contributed by atoms with van der Waals surface area (Å²) in [6.45, 7) is 0.898. The number of methoxy groups -OCH3 is 1. The van der Waals surface area contributed by atoms with E-state index < -0.39 is 11.9 Å². The van der Waals surface area contributed by atoms with E-state index in [9.17, 15) is 18.0 Å². The maximum absolute atomic E-state index is 13.4. The van der Waals surface area contributed by atoms with Gasteiger partial charge in [0, 0.05) is 24.7 Å². The van der Waals surface area contributed by atoms with Crippen molar-refractivity contribution < 1.29 is 22.7 Å². The summed E-state index contributed by atoms with van der Waals surface area (Å²) in [5, 5.41) is 4.27. The molecular formula is C17H16F3N5O2S. The molecule has 0 saturated carbocycles. The van der Waals surface area contributed by atoms with Crippen LogP contribution in [0.4, 0.5) is 13.2 Å². The quantitative estimate of drug-likeness (QED) is 0.662. The molecule has 1 aliphatic heterocycles. The van der Waals surface area contributed by atoms with Crippen LogP contribution in [0.15, 0.2) is 24.5 Å². The lowest BCUT2D eigenvalue weighted by Gasteiger charge is -2.31. The molecule has 1 aliphatic rings. The average Bonchev–Trinajstić information content (AvgIpc) is 3.35. The molecule has 148 valence electrons. The van der Waals surface area contributed by atoms with Crippen LogP contribution < -0.4 is 4.74 Å². The Labute approximate surface area is 161 Å². The van der Waals surface area contributed by atoms with Gasteiger partial charge in [-0.15, -0.1) is 0 Å². The van der Waals surface area contributed by atoms with Crippen LogP contribution in [0.3, 0.4) is 0 Å². The van der Waals surface area contributed by atoms with E-state index in [0.717, 1.165) is 12.4 Å². The Morgan fingerprint density at radius 1 is 1.29 bits per heavy atom. The van der Waals surface area contributed by atoms with E-state index in [4.69, 9.17) is 4.74 Å². The van der Waals surface area contributed by atoms with Gasteiger partial charge in [0.1, 0.15) is 6.33 Å². The smallest absolute Gasteiger partial charge is 0.433 e. The lowest BCUT2D eigenvalue weighted by molar-refractivity contribution is -0.142. The molecule has 0 N–H and O–H groups in total. The minimum absolute atomic E-state index is 0.0750. The first-order chi connectivity index (χ1) is 13.4. The van der Waals surface area contributed by atoms with Crippen LogP contribution in [-0.4, -0.2) is 50.6 Å². The molecule has 1 amide bonds. The molecule has 0 bridgehead atoms. The zero-order chi connectivity index (χ0) is 19.9. The van der Waals surface area contributed by atoms with Crippen molar-refractivity contribution in [2.45, 2.75) is 24.9 Å². The van der Waals surface area contributed by atoms with Gasteiger partial charge in [0.15, 0.2) is 10.8 Å². The molecule has 11 heteroatoms. The van der Waals surface area contributed by atoms with Crippen molar-refractivity contribution in [2.75, 3.05) is 20.2 Å². The van der Waals surface area contributed by atoms with Gasteiger partial charge in [-0.25, -0.2) is 4.98 Å². The van der Waals surface area contributed by atoms with Gasteiger partial charge in [-0.2, -0.15) is 27.8 Å². The number of alkyl halides is 3. The summed E-state index contributed by atoms with van der Waals surface area (Å²) in [5.74, 6) is -0.345. The molecule has 4 rings (SSSR count). The highest BCUT2D eigenvalue weighted by Crippen LogP contribution is 2.34. The number of nitrogens with zero attached hydrogens (tertiary/aromatic N) is 5. The first kappa shape index (κ1) is 18.7. The van der Waals surface area contributed by atoms with Crippen molar-refractivity contribution in [3.63, 3.8) is 0 Å². The van der Waals surface area contributed by atoms with Crippen LogP contribution in [-0.2, 0) is 6.18 Å². The second kappa shape index (κ2) is 7.04. The summed E-state index contributed by atoms with van der Waals surface area (Å²) >= 11 is 1.27. The maximum Gasteiger partial charge on any atom is 0.433 e. The largest absolute Gasteiger partial charge is 0.487 e. The lowest BCUT2D eigenvalue weighted by Crippen LogP contribution is -2.37. The van der Waals surface area contributed by atoms with Crippen molar-refractivity contribution in [2.24, 2.45) is 0 Å². The van der Waals surface area contributed by atoms with E-state index in [0.29, 0.717) is 46.1 Å². The number of halogens is 3. The summed E-state index contributed by atoms with van der Waals surface area (Å²) in [7, 11) is 1.54. The summed E-state index contributed by atoms with van der Waals surface area (Å²) in [4.78, 5) is 22.9. The van der Waals surface area contributed by atoms with E-state index in [-0.39, 0.29) is 17.6 Å². The third-order valence-electron chi connectivity index (χ3n) is 4.76. The predicted molar refractivity (Wildman–Crippen MR) is 94.5 cm³/mol. The van der Waals surface area contributed by atoms with Gasteiger partial charge in [0.25, 0.3) is 11.7 Å². The first-order valence-electron chi connectivity index (χ1n) is 8.58. The molecule has 28 heavy (non-hydrogen) atoms. The van der Waals surface area contributed by atoms with Crippen molar-refractivity contribution in [3.05, 3.63) is 40.8 Å². The molecule has 0 aliphatic carbocycles. The number of rotatable bonds is 3. The number of aromatic nitrogens is 4. The third-order valence-corrected chi connectivity index (χ3v) is 5.79. The molecule has 0 aromatic carbocycles. The van der Waals surface area contributed by atoms with Gasteiger partial charge in [-0.1, -0.05) is 11.3 Å². The fraction of sp³-hybridized carbons (Fsp3) is 0.412. The Hall–Kier alpha value is -2.69. The van der Waals surface area contributed by atoms with Gasteiger partial charge in [-0.3, -0.25) is 4.79 Å². The SMILES string of the molecule is COc1ccc(C(=O)N2CCC(c3cc(C(F)(F)F)n4ncnc4n3)CC2)s1. The topological polar surface area (TPSA) is 72.6 Å². The highest BCUT2D eigenvalue weighted by molar-refractivity contribution is 7.15. The normalized spacial score (nSPS) is 15.9. The number of hydrogen-bond acceptors (Lipinski definition) is 6. The van der Waals surface area contributed by atoms with Gasteiger partial charge < -0.3 is 9.64 Å². The van der Waals surface area contributed by atoms with Crippen molar-refractivity contribution in [1.29, 1.82) is 0 Å². The van der Waals surface area contributed by atoms with Crippen LogP contribution in [0, 0.1) is 0 Å². The van der Waals surface area contributed by atoms with Crippen LogP contribution in [0.25, 0.3) is 5.78 Å². The van der Waals surface area contributed by atoms with E-state index in [1.54, 1.807) is 24.1 Å². The van der Waals surface area contributed by atoms with Crippen molar-refractivity contribution in [3.8, 4) is 5.06 Å². The van der Waals surface area contributed by atoms with Gasteiger partial charge in [-0.05, 0) is 31.0 Å². The minimum Gasteiger partial charge on any atom is -0.487 e. The van der Waals surface area contributed by atoms with Gasteiger partial charge in [0.2, 0.25) is 0 Å². The first-order valence-corrected chi connectivity index (χ1v) is 9.39. The number of thiophene rings is 1. The number of piperidine rings is 1. The van der Waals surface area contributed by atoms with Crippen LogP contribution >= 0.6 is 11.3 Å². The number of carbonyl (C=O) groups excluding carboxylic acids is 1. The van der Waals surface area contributed by atoms with Crippen LogP contribution in [0.1, 0.15) is 39.8 Å². The summed E-state index contributed by atoms with van der Waals surface area (Å²) < 4.78 is 45.9. The highest BCUT2D eigenvalue weighted by atomic mass is 32.1. The Morgan fingerprint density at radius 2 is 2.04 bits per heavy atom. The van der Waals surface area contributed by atoms with Crippen LogP contribution in [0.5, 0.6) is 5.06 Å². The second-order valence-electron chi connectivity index (χ2n) is 6.43. The Balaban J connectivity index is 1.51. The maximum atomic E-state index is 13.4. The van der Waals surface area contributed by atoms with Gasteiger partial charge in [0.05, 0.1) is 12.0 Å². The van der Waals surface area contributed by atoms with Crippen molar-refractivity contribution in [1.82, 2.24) is 24.5 Å². The molecule has 0 radical (unpaired) electrons.